The van der Waals surface area contributed by atoms with Gasteiger partial charge in [0.15, 0.2) is 14.0 Å². The molecule has 1 atom stereocenters. The maximum absolute atomic E-state index is 10.8. The van der Waals surface area contributed by atoms with Crippen LogP contribution < -0.4 is 0 Å². The number of carboxylic acids is 1. The molecule has 6 heteroatoms. The van der Waals surface area contributed by atoms with Gasteiger partial charge in [-0.05, 0) is 31.1 Å². The molecule has 5 nitrogen and oxygen atoms in total. The molecule has 0 aliphatic rings. The molecule has 0 bridgehead atoms. The fraction of sp³-hybridized carbons (Fsp3) is 0.667. The smallest absolute Gasteiger partial charge is 0.356 e. The molecule has 1 aromatic heterocycles. The summed E-state index contributed by atoms with van der Waals surface area (Å²) in [6, 6.07) is 1.53. The van der Waals surface area contributed by atoms with Crippen LogP contribution in [0.2, 0.25) is 18.1 Å². The predicted octanol–water partition coefficient (Wildman–Crippen LogP) is 3.19. The summed E-state index contributed by atoms with van der Waals surface area (Å²) in [6.07, 6.45) is -0.175. The minimum Gasteiger partial charge on any atom is -0.476 e. The van der Waals surface area contributed by atoms with Crippen molar-refractivity contribution in [2.45, 2.75) is 51.9 Å². The zero-order valence-electron chi connectivity index (χ0n) is 11.9. The van der Waals surface area contributed by atoms with E-state index in [4.69, 9.17) is 9.53 Å². The Bertz CT molecular complexity index is 435. The first-order chi connectivity index (χ1) is 8.04. The average molecular weight is 270 g/mol. The van der Waals surface area contributed by atoms with E-state index in [-0.39, 0.29) is 16.8 Å². The Morgan fingerprint density at radius 3 is 2.44 bits per heavy atom. The molecule has 1 rings (SSSR count). The Morgan fingerprint density at radius 1 is 1.50 bits per heavy atom. The molecule has 1 heterocycles. The second kappa shape index (κ2) is 4.85. The van der Waals surface area contributed by atoms with Gasteiger partial charge in [0.2, 0.25) is 0 Å². The average Bonchev–Trinajstić information content (AvgIpc) is 2.63. The Balaban J connectivity index is 2.82. The van der Waals surface area contributed by atoms with Crippen LogP contribution in [-0.2, 0) is 4.43 Å². The second-order valence-electron chi connectivity index (χ2n) is 6.03. The Morgan fingerprint density at radius 2 is 2.06 bits per heavy atom. The number of H-pyrrole nitrogens is 1. The summed E-state index contributed by atoms with van der Waals surface area (Å²) >= 11 is 0. The van der Waals surface area contributed by atoms with Gasteiger partial charge in [-0.1, -0.05) is 20.8 Å². The van der Waals surface area contributed by atoms with E-state index in [2.05, 4.69) is 44.1 Å². The van der Waals surface area contributed by atoms with Gasteiger partial charge in [-0.25, -0.2) is 4.79 Å². The SMILES string of the molecule is CC(O[Si](C)(C)C(C)(C)C)c1cc(C(=O)O)n[nH]1. The van der Waals surface area contributed by atoms with Crippen LogP contribution in [0, 0.1) is 0 Å². The number of hydrogen-bond donors (Lipinski definition) is 2. The van der Waals surface area contributed by atoms with Crippen molar-refractivity contribution in [2.75, 3.05) is 0 Å². The molecule has 0 amide bonds. The summed E-state index contributed by atoms with van der Waals surface area (Å²) in [6.45, 7) is 12.8. The third-order valence-corrected chi connectivity index (χ3v) is 8.09. The molecule has 0 radical (unpaired) electrons. The van der Waals surface area contributed by atoms with E-state index in [1.54, 1.807) is 0 Å². The van der Waals surface area contributed by atoms with Crippen LogP contribution in [0.4, 0.5) is 0 Å². The van der Waals surface area contributed by atoms with Crippen LogP contribution in [0.25, 0.3) is 0 Å². The number of hydrogen-bond acceptors (Lipinski definition) is 3. The normalized spacial score (nSPS) is 14.6. The Labute approximate surface area is 109 Å². The molecule has 2 N–H and O–H groups in total. The maximum atomic E-state index is 10.8. The van der Waals surface area contributed by atoms with Gasteiger partial charge in [0.1, 0.15) is 0 Å². The summed E-state index contributed by atoms with van der Waals surface area (Å²) in [5, 5.41) is 15.4. The molecule has 1 unspecified atom stereocenters. The maximum Gasteiger partial charge on any atom is 0.356 e. The van der Waals surface area contributed by atoms with Gasteiger partial charge in [-0.3, -0.25) is 5.10 Å². The first-order valence-corrected chi connectivity index (χ1v) is 8.92. The topological polar surface area (TPSA) is 75.2 Å². The number of aromatic carboxylic acids is 1. The highest BCUT2D eigenvalue weighted by Crippen LogP contribution is 2.39. The third kappa shape index (κ3) is 3.20. The first-order valence-electron chi connectivity index (χ1n) is 6.01. The largest absolute Gasteiger partial charge is 0.476 e. The number of aromatic amines is 1. The van der Waals surface area contributed by atoms with Gasteiger partial charge in [-0.15, -0.1) is 0 Å². The lowest BCUT2D eigenvalue weighted by Gasteiger charge is -2.38. The molecule has 0 aliphatic carbocycles. The minimum atomic E-state index is -1.86. The predicted molar refractivity (Wildman–Crippen MR) is 72.2 cm³/mol. The van der Waals surface area contributed by atoms with Crippen LogP contribution >= 0.6 is 0 Å². The van der Waals surface area contributed by atoms with Crippen molar-refractivity contribution >= 4 is 14.3 Å². The minimum absolute atomic E-state index is 0.0238. The number of rotatable bonds is 4. The van der Waals surface area contributed by atoms with Gasteiger partial charge >= 0.3 is 5.97 Å². The summed E-state index contributed by atoms with van der Waals surface area (Å²) in [4.78, 5) is 10.8. The standard InChI is InChI=1S/C12H22N2O3Si/c1-8(17-18(5,6)12(2,3)4)9-7-10(11(15)16)14-13-9/h7-8H,1-6H3,(H,13,14)(H,15,16). The van der Waals surface area contributed by atoms with E-state index in [0.29, 0.717) is 5.69 Å². The van der Waals surface area contributed by atoms with Crippen molar-refractivity contribution < 1.29 is 14.3 Å². The quantitative estimate of drug-likeness (QED) is 0.824. The van der Waals surface area contributed by atoms with Crippen molar-refractivity contribution in [3.8, 4) is 0 Å². The van der Waals surface area contributed by atoms with E-state index in [1.807, 2.05) is 6.92 Å². The lowest BCUT2D eigenvalue weighted by molar-refractivity contribution is 0.0690. The van der Waals surface area contributed by atoms with Crippen LogP contribution in [0.5, 0.6) is 0 Å². The number of aromatic nitrogens is 2. The zero-order chi connectivity index (χ0) is 14.1. The first kappa shape index (κ1) is 14.9. The van der Waals surface area contributed by atoms with Crippen molar-refractivity contribution in [1.29, 1.82) is 0 Å². The van der Waals surface area contributed by atoms with Crippen molar-refractivity contribution in [3.05, 3.63) is 17.5 Å². The molecule has 0 saturated heterocycles. The molecule has 0 saturated carbocycles. The number of nitrogens with one attached hydrogen (secondary N) is 1. The Kier molecular flexibility index (Phi) is 4.02. The summed E-state index contributed by atoms with van der Waals surface area (Å²) in [5.41, 5.74) is 0.730. The number of carbonyl (C=O) groups is 1. The highest BCUT2D eigenvalue weighted by molar-refractivity contribution is 6.74. The van der Waals surface area contributed by atoms with Crippen molar-refractivity contribution in [3.63, 3.8) is 0 Å². The van der Waals surface area contributed by atoms with E-state index in [0.717, 1.165) is 0 Å². The molecule has 18 heavy (non-hydrogen) atoms. The van der Waals surface area contributed by atoms with Crippen LogP contribution in [0.3, 0.4) is 0 Å². The zero-order valence-corrected chi connectivity index (χ0v) is 12.9. The lowest BCUT2D eigenvalue weighted by Crippen LogP contribution is -2.41. The van der Waals surface area contributed by atoms with Gasteiger partial charge in [-0.2, -0.15) is 5.10 Å². The third-order valence-electron chi connectivity index (χ3n) is 3.53. The Hall–Kier alpha value is -1.14. The second-order valence-corrected chi connectivity index (χ2v) is 10.8. The van der Waals surface area contributed by atoms with Gasteiger partial charge in [0.25, 0.3) is 0 Å². The molecule has 0 aliphatic heterocycles. The molecule has 0 aromatic carbocycles. The fourth-order valence-electron chi connectivity index (χ4n) is 1.34. The van der Waals surface area contributed by atoms with E-state index < -0.39 is 14.3 Å². The van der Waals surface area contributed by atoms with Crippen LogP contribution in [0.15, 0.2) is 6.07 Å². The van der Waals surface area contributed by atoms with Crippen LogP contribution in [-0.4, -0.2) is 29.6 Å². The van der Waals surface area contributed by atoms with Crippen LogP contribution in [0.1, 0.15) is 50.0 Å². The van der Waals surface area contributed by atoms with Gasteiger partial charge in [0, 0.05) is 0 Å². The fourth-order valence-corrected chi connectivity index (χ4v) is 2.70. The van der Waals surface area contributed by atoms with Gasteiger partial charge < -0.3 is 9.53 Å². The molecular formula is C12H22N2O3Si. The number of nitrogens with zero attached hydrogens (tertiary/aromatic N) is 1. The van der Waals surface area contributed by atoms with E-state index in [1.165, 1.54) is 6.07 Å². The van der Waals surface area contributed by atoms with E-state index in [9.17, 15) is 4.79 Å². The molecule has 0 fully saturated rings. The highest BCUT2D eigenvalue weighted by atomic mass is 28.4. The van der Waals surface area contributed by atoms with E-state index >= 15 is 0 Å². The van der Waals surface area contributed by atoms with Gasteiger partial charge in [0.05, 0.1) is 11.8 Å². The summed E-state index contributed by atoms with van der Waals surface area (Å²) < 4.78 is 6.16. The molecule has 0 spiro atoms. The summed E-state index contributed by atoms with van der Waals surface area (Å²) in [7, 11) is -1.86. The van der Waals surface area contributed by atoms with Crippen molar-refractivity contribution in [1.82, 2.24) is 10.2 Å². The highest BCUT2D eigenvalue weighted by Gasteiger charge is 2.38. The lowest BCUT2D eigenvalue weighted by atomic mass is 10.2. The monoisotopic (exact) mass is 270 g/mol. The molecule has 102 valence electrons. The molecular weight excluding hydrogens is 248 g/mol. The molecule has 1 aromatic rings. The van der Waals surface area contributed by atoms with Crippen molar-refractivity contribution in [2.24, 2.45) is 0 Å². The number of carboxylic acid groups (broad SMARTS) is 1. The summed E-state index contributed by atoms with van der Waals surface area (Å²) in [5.74, 6) is -1.03.